The van der Waals surface area contributed by atoms with Gasteiger partial charge in [-0.15, -0.1) is 0 Å². The molecule has 0 saturated carbocycles. The van der Waals surface area contributed by atoms with E-state index in [0.29, 0.717) is 12.1 Å². The zero-order chi connectivity index (χ0) is 14.6. The van der Waals surface area contributed by atoms with E-state index >= 15 is 0 Å². The molecule has 0 aliphatic carbocycles. The van der Waals surface area contributed by atoms with Gasteiger partial charge in [-0.1, -0.05) is 13.8 Å². The number of hydrogen-bond acceptors (Lipinski definition) is 3. The average Bonchev–Trinajstić information content (AvgIpc) is 3.04. The molecule has 1 aliphatic rings. The maximum atomic E-state index is 5.84. The van der Waals surface area contributed by atoms with E-state index < -0.39 is 0 Å². The van der Waals surface area contributed by atoms with Crippen molar-refractivity contribution in [3.8, 4) is 0 Å². The van der Waals surface area contributed by atoms with Gasteiger partial charge in [0.05, 0.1) is 11.8 Å². The fourth-order valence-electron chi connectivity index (χ4n) is 2.98. The van der Waals surface area contributed by atoms with Crippen molar-refractivity contribution >= 4 is 0 Å². The van der Waals surface area contributed by atoms with Crippen LogP contribution in [0.5, 0.6) is 0 Å². The first kappa shape index (κ1) is 15.5. The van der Waals surface area contributed by atoms with Crippen LogP contribution in [0.15, 0.2) is 12.3 Å². The molecule has 1 saturated heterocycles. The normalized spacial score (nSPS) is 27.9. The molecule has 1 fully saturated rings. The van der Waals surface area contributed by atoms with Gasteiger partial charge in [0.15, 0.2) is 0 Å². The summed E-state index contributed by atoms with van der Waals surface area (Å²) in [5.41, 5.74) is 1.39. The molecule has 0 spiro atoms. The molecule has 1 N–H and O–H groups in total. The Morgan fingerprint density at radius 2 is 2.35 bits per heavy atom. The van der Waals surface area contributed by atoms with Crippen molar-refractivity contribution in [2.75, 3.05) is 19.7 Å². The Hall–Kier alpha value is -0.870. The van der Waals surface area contributed by atoms with Gasteiger partial charge in [-0.25, -0.2) is 0 Å². The third-order valence-corrected chi connectivity index (χ3v) is 4.80. The molecular weight excluding hydrogens is 250 g/mol. The smallest absolute Gasteiger partial charge is 0.0631 e. The lowest BCUT2D eigenvalue weighted by Gasteiger charge is -2.32. The summed E-state index contributed by atoms with van der Waals surface area (Å²) in [6, 6.07) is 2.65. The van der Waals surface area contributed by atoms with Gasteiger partial charge in [0.25, 0.3) is 0 Å². The molecule has 4 heteroatoms. The summed E-state index contributed by atoms with van der Waals surface area (Å²) >= 11 is 0. The van der Waals surface area contributed by atoms with E-state index in [1.54, 1.807) is 0 Å². The largest absolute Gasteiger partial charge is 0.378 e. The molecule has 0 bridgehead atoms. The molecule has 1 aromatic rings. The van der Waals surface area contributed by atoms with Crippen molar-refractivity contribution in [3.05, 3.63) is 18.0 Å². The molecule has 4 nitrogen and oxygen atoms in total. The van der Waals surface area contributed by atoms with E-state index in [1.165, 1.54) is 5.69 Å². The van der Waals surface area contributed by atoms with Crippen molar-refractivity contribution in [1.29, 1.82) is 0 Å². The molecule has 3 atom stereocenters. The van der Waals surface area contributed by atoms with E-state index in [2.05, 4.69) is 50.0 Å². The van der Waals surface area contributed by atoms with Crippen LogP contribution in [0.25, 0.3) is 0 Å². The second-order valence-electron chi connectivity index (χ2n) is 6.13. The lowest BCUT2D eigenvalue weighted by atomic mass is 9.77. The van der Waals surface area contributed by atoms with E-state index in [1.807, 2.05) is 0 Å². The van der Waals surface area contributed by atoms with Gasteiger partial charge in [-0.3, -0.25) is 4.68 Å². The molecule has 2 rings (SSSR count). The zero-order valence-corrected chi connectivity index (χ0v) is 13.4. The van der Waals surface area contributed by atoms with E-state index in [4.69, 9.17) is 9.84 Å². The van der Waals surface area contributed by atoms with Crippen molar-refractivity contribution in [1.82, 2.24) is 15.1 Å². The summed E-state index contributed by atoms with van der Waals surface area (Å²) in [7, 11) is 0. The standard InChI is InChI=1S/C16H29N3O/c1-5-13(3)19-9-7-15(18-19)11-16(12-17-6-2)8-10-20-14(16)4/h7,9,13-14,17H,5-6,8,10-12H2,1-4H3. The number of rotatable bonds is 7. The monoisotopic (exact) mass is 279 g/mol. The molecule has 0 aromatic carbocycles. The van der Waals surface area contributed by atoms with Crippen LogP contribution in [0.4, 0.5) is 0 Å². The van der Waals surface area contributed by atoms with Gasteiger partial charge < -0.3 is 10.1 Å². The van der Waals surface area contributed by atoms with Crippen molar-refractivity contribution in [2.45, 2.75) is 59.1 Å². The molecule has 0 amide bonds. The quantitative estimate of drug-likeness (QED) is 0.834. The minimum absolute atomic E-state index is 0.199. The summed E-state index contributed by atoms with van der Waals surface area (Å²) < 4.78 is 7.93. The Labute approximate surface area is 122 Å². The van der Waals surface area contributed by atoms with Crippen molar-refractivity contribution in [3.63, 3.8) is 0 Å². The molecule has 0 radical (unpaired) electrons. The summed E-state index contributed by atoms with van der Waals surface area (Å²) in [6.07, 6.45) is 5.66. The molecule has 1 aliphatic heterocycles. The third kappa shape index (κ3) is 3.23. The zero-order valence-electron chi connectivity index (χ0n) is 13.4. The summed E-state index contributed by atoms with van der Waals surface area (Å²) in [5, 5.41) is 8.27. The van der Waals surface area contributed by atoms with Gasteiger partial charge >= 0.3 is 0 Å². The molecule has 114 valence electrons. The molecule has 20 heavy (non-hydrogen) atoms. The number of ether oxygens (including phenoxy) is 1. The van der Waals surface area contributed by atoms with E-state index in [9.17, 15) is 0 Å². The van der Waals surface area contributed by atoms with Crippen LogP contribution < -0.4 is 5.32 Å². The minimum atomic E-state index is 0.199. The summed E-state index contributed by atoms with van der Waals surface area (Å²) in [6.45, 7) is 11.7. The maximum Gasteiger partial charge on any atom is 0.0631 e. The van der Waals surface area contributed by atoms with Gasteiger partial charge in [0.1, 0.15) is 0 Å². The van der Waals surface area contributed by atoms with Crippen LogP contribution in [0, 0.1) is 5.41 Å². The Balaban J connectivity index is 2.09. The first-order valence-electron chi connectivity index (χ1n) is 7.97. The average molecular weight is 279 g/mol. The Kier molecular flexibility index (Phi) is 5.22. The molecule has 2 heterocycles. The predicted octanol–water partition coefficient (Wildman–Crippen LogP) is 2.80. The highest BCUT2D eigenvalue weighted by atomic mass is 16.5. The highest BCUT2D eigenvalue weighted by Gasteiger charge is 2.41. The van der Waals surface area contributed by atoms with Crippen LogP contribution in [-0.2, 0) is 11.2 Å². The molecule has 1 aromatic heterocycles. The second-order valence-corrected chi connectivity index (χ2v) is 6.13. The highest BCUT2D eigenvalue weighted by Crippen LogP contribution is 2.37. The van der Waals surface area contributed by atoms with Crippen LogP contribution in [-0.4, -0.2) is 35.6 Å². The SMILES string of the molecule is CCNCC1(Cc2ccn(C(C)CC)n2)CCOC1C. The van der Waals surface area contributed by atoms with Crippen LogP contribution in [0.1, 0.15) is 52.3 Å². The van der Waals surface area contributed by atoms with Gasteiger partial charge in [0.2, 0.25) is 0 Å². The van der Waals surface area contributed by atoms with E-state index in [-0.39, 0.29) is 5.41 Å². The Morgan fingerprint density at radius 1 is 1.55 bits per heavy atom. The lowest BCUT2D eigenvalue weighted by molar-refractivity contribution is 0.0627. The van der Waals surface area contributed by atoms with Crippen molar-refractivity contribution < 1.29 is 4.74 Å². The predicted molar refractivity (Wildman–Crippen MR) is 81.9 cm³/mol. The second kappa shape index (κ2) is 6.72. The van der Waals surface area contributed by atoms with Crippen LogP contribution in [0.3, 0.4) is 0 Å². The topological polar surface area (TPSA) is 39.1 Å². The highest BCUT2D eigenvalue weighted by molar-refractivity contribution is 5.07. The fraction of sp³-hybridized carbons (Fsp3) is 0.812. The lowest BCUT2D eigenvalue weighted by Crippen LogP contribution is -2.41. The van der Waals surface area contributed by atoms with Gasteiger partial charge in [-0.2, -0.15) is 5.10 Å². The molecule has 3 unspecified atom stereocenters. The number of aromatic nitrogens is 2. The minimum Gasteiger partial charge on any atom is -0.378 e. The Bertz CT molecular complexity index is 418. The van der Waals surface area contributed by atoms with Crippen molar-refractivity contribution in [2.24, 2.45) is 5.41 Å². The summed E-state index contributed by atoms with van der Waals surface area (Å²) in [5.74, 6) is 0. The number of nitrogens with one attached hydrogen (secondary N) is 1. The van der Waals surface area contributed by atoms with Gasteiger partial charge in [-0.05, 0) is 39.3 Å². The fourth-order valence-corrected chi connectivity index (χ4v) is 2.98. The Morgan fingerprint density at radius 3 is 2.95 bits per heavy atom. The third-order valence-electron chi connectivity index (χ3n) is 4.80. The van der Waals surface area contributed by atoms with E-state index in [0.717, 1.165) is 39.0 Å². The summed E-state index contributed by atoms with van der Waals surface area (Å²) in [4.78, 5) is 0. The van der Waals surface area contributed by atoms with Crippen LogP contribution in [0.2, 0.25) is 0 Å². The number of hydrogen-bond donors (Lipinski definition) is 1. The first-order valence-corrected chi connectivity index (χ1v) is 7.97. The first-order chi connectivity index (χ1) is 9.61. The van der Waals surface area contributed by atoms with Gasteiger partial charge in [0, 0.05) is 37.2 Å². The van der Waals surface area contributed by atoms with Crippen LogP contribution >= 0.6 is 0 Å². The molecular formula is C16H29N3O. The number of nitrogens with zero attached hydrogens (tertiary/aromatic N) is 2. The maximum absolute atomic E-state index is 5.84.